The van der Waals surface area contributed by atoms with E-state index in [0.29, 0.717) is 19.5 Å². The summed E-state index contributed by atoms with van der Waals surface area (Å²) in [4.78, 5) is 25.8. The van der Waals surface area contributed by atoms with Crippen LogP contribution in [-0.2, 0) is 0 Å². The number of fused-ring (bicyclic) bond motifs is 1. The Morgan fingerprint density at radius 1 is 1.06 bits per heavy atom. The lowest BCUT2D eigenvalue weighted by molar-refractivity contribution is 0.0695. The van der Waals surface area contributed by atoms with E-state index in [1.165, 1.54) is 6.07 Å². The number of halogens is 4. The third-order valence-corrected chi connectivity index (χ3v) is 5.28. The van der Waals surface area contributed by atoms with Crippen molar-refractivity contribution in [1.82, 2.24) is 4.57 Å². The lowest BCUT2D eigenvalue weighted by atomic mass is 10.1. The predicted molar refractivity (Wildman–Crippen MR) is 106 cm³/mol. The van der Waals surface area contributed by atoms with Crippen LogP contribution in [0.15, 0.2) is 29.2 Å². The maximum Gasteiger partial charge on any atom is 0.341 e. The van der Waals surface area contributed by atoms with E-state index in [-0.39, 0.29) is 22.6 Å². The Kier molecular flexibility index (Phi) is 4.85. The summed E-state index contributed by atoms with van der Waals surface area (Å²) in [6.45, 7) is 0.750. The molecule has 7 nitrogen and oxygen atoms in total. The Morgan fingerprint density at radius 3 is 2.39 bits per heavy atom. The molecule has 0 unspecified atom stereocenters. The average molecular weight is 436 g/mol. The van der Waals surface area contributed by atoms with Gasteiger partial charge in [-0.25, -0.2) is 22.4 Å². The van der Waals surface area contributed by atoms with Gasteiger partial charge in [-0.3, -0.25) is 4.79 Å². The molecule has 1 fully saturated rings. The van der Waals surface area contributed by atoms with Crippen LogP contribution in [0, 0.1) is 23.3 Å². The molecule has 2 aromatic carbocycles. The number of rotatable bonds is 3. The SMILES string of the molecule is Nc1cc(-n2cc(C(=O)O)c(=O)c3cc(F)c(N4CC[C@H](N)C4)cc32)c(F)c(F)c1F. The number of aromatic nitrogens is 1. The molecule has 1 saturated heterocycles. The average Bonchev–Trinajstić information content (AvgIpc) is 3.15. The first-order valence-electron chi connectivity index (χ1n) is 9.16. The lowest BCUT2D eigenvalue weighted by Crippen LogP contribution is -2.27. The highest BCUT2D eigenvalue weighted by atomic mass is 19.2. The number of hydrogen-bond donors (Lipinski definition) is 3. The minimum absolute atomic E-state index is 0.0487. The highest BCUT2D eigenvalue weighted by molar-refractivity contribution is 5.94. The van der Waals surface area contributed by atoms with Crippen LogP contribution in [-0.4, -0.2) is 34.8 Å². The van der Waals surface area contributed by atoms with Gasteiger partial charge < -0.3 is 26.0 Å². The molecule has 0 saturated carbocycles. The fourth-order valence-electron chi connectivity index (χ4n) is 3.72. The molecule has 4 rings (SSSR count). The highest BCUT2D eigenvalue weighted by Crippen LogP contribution is 2.31. The summed E-state index contributed by atoms with van der Waals surface area (Å²) in [5.74, 6) is -7.60. The minimum atomic E-state index is -1.87. The summed E-state index contributed by atoms with van der Waals surface area (Å²) < 4.78 is 57.9. The number of carbonyl (C=O) groups is 1. The fourth-order valence-corrected chi connectivity index (χ4v) is 3.72. The van der Waals surface area contributed by atoms with E-state index < -0.39 is 51.6 Å². The number of anilines is 2. The van der Waals surface area contributed by atoms with Crippen molar-refractivity contribution in [1.29, 1.82) is 0 Å². The van der Waals surface area contributed by atoms with Crippen molar-refractivity contribution in [2.75, 3.05) is 23.7 Å². The zero-order chi connectivity index (χ0) is 22.6. The molecule has 0 aliphatic carbocycles. The van der Waals surface area contributed by atoms with E-state index in [1.807, 2.05) is 0 Å². The van der Waals surface area contributed by atoms with Crippen molar-refractivity contribution in [2.45, 2.75) is 12.5 Å². The van der Waals surface area contributed by atoms with Crippen molar-refractivity contribution in [3.05, 3.63) is 63.5 Å². The molecule has 11 heteroatoms. The lowest BCUT2D eigenvalue weighted by Gasteiger charge is -2.21. The van der Waals surface area contributed by atoms with Crippen LogP contribution in [0.4, 0.5) is 28.9 Å². The molecule has 1 aliphatic heterocycles. The Labute approximate surface area is 172 Å². The monoisotopic (exact) mass is 436 g/mol. The van der Waals surface area contributed by atoms with Crippen LogP contribution in [0.3, 0.4) is 0 Å². The zero-order valence-electron chi connectivity index (χ0n) is 15.8. The van der Waals surface area contributed by atoms with E-state index in [9.17, 15) is 32.3 Å². The summed E-state index contributed by atoms with van der Waals surface area (Å²) in [5, 5.41) is 8.98. The molecule has 0 radical (unpaired) electrons. The number of carboxylic acids is 1. The number of nitrogens with two attached hydrogens (primary N) is 2. The molecule has 1 aromatic heterocycles. The summed E-state index contributed by atoms with van der Waals surface area (Å²) >= 11 is 0. The second-order valence-corrected chi connectivity index (χ2v) is 7.29. The highest BCUT2D eigenvalue weighted by Gasteiger charge is 2.26. The number of aromatic carboxylic acids is 1. The van der Waals surface area contributed by atoms with Gasteiger partial charge in [-0.15, -0.1) is 0 Å². The Balaban J connectivity index is 2.10. The van der Waals surface area contributed by atoms with Gasteiger partial charge in [-0.1, -0.05) is 0 Å². The zero-order valence-corrected chi connectivity index (χ0v) is 15.8. The quantitative estimate of drug-likeness (QED) is 0.330. The smallest absolute Gasteiger partial charge is 0.341 e. The number of nitrogen functional groups attached to an aromatic ring is 1. The van der Waals surface area contributed by atoms with E-state index in [4.69, 9.17) is 11.5 Å². The molecule has 3 aromatic rings. The number of benzene rings is 2. The molecule has 162 valence electrons. The van der Waals surface area contributed by atoms with Gasteiger partial charge in [0.25, 0.3) is 0 Å². The maximum absolute atomic E-state index is 14.8. The molecule has 1 aliphatic rings. The van der Waals surface area contributed by atoms with Gasteiger partial charge in [0.2, 0.25) is 5.43 Å². The summed E-state index contributed by atoms with van der Waals surface area (Å²) in [6.07, 6.45) is 1.36. The normalized spacial score (nSPS) is 16.3. The first-order valence-corrected chi connectivity index (χ1v) is 9.16. The molecular formula is C20H16F4N4O3. The van der Waals surface area contributed by atoms with Crippen molar-refractivity contribution in [2.24, 2.45) is 5.73 Å². The van der Waals surface area contributed by atoms with Gasteiger partial charge in [-0.2, -0.15) is 0 Å². The molecule has 0 amide bonds. The van der Waals surface area contributed by atoms with Crippen molar-refractivity contribution >= 4 is 28.2 Å². The molecular weight excluding hydrogens is 420 g/mol. The molecule has 5 N–H and O–H groups in total. The van der Waals surface area contributed by atoms with E-state index in [2.05, 4.69) is 0 Å². The van der Waals surface area contributed by atoms with E-state index in [1.54, 1.807) is 4.90 Å². The number of nitrogens with zero attached hydrogens (tertiary/aromatic N) is 2. The second-order valence-electron chi connectivity index (χ2n) is 7.29. The summed E-state index contributed by atoms with van der Waals surface area (Å²) in [7, 11) is 0. The molecule has 31 heavy (non-hydrogen) atoms. The van der Waals surface area contributed by atoms with Crippen LogP contribution >= 0.6 is 0 Å². The Bertz CT molecular complexity index is 1310. The van der Waals surface area contributed by atoms with Gasteiger partial charge in [0.1, 0.15) is 11.4 Å². The maximum atomic E-state index is 14.8. The summed E-state index contributed by atoms with van der Waals surface area (Å²) in [6, 6.07) is 2.61. The first-order chi connectivity index (χ1) is 14.6. The van der Waals surface area contributed by atoms with Gasteiger partial charge >= 0.3 is 5.97 Å². The van der Waals surface area contributed by atoms with Crippen LogP contribution < -0.4 is 21.8 Å². The standard InChI is InChI=1S/C20H16F4N4O3/c21-11-3-9-13(5-14(11)27-2-1-8(25)6-27)28(7-10(19(9)29)20(30)31)15-4-12(26)16(22)18(24)17(15)23/h3-5,7-8H,1-2,6,25-26H2,(H,30,31)/t8-/m0/s1. The van der Waals surface area contributed by atoms with Crippen molar-refractivity contribution < 1.29 is 27.5 Å². The van der Waals surface area contributed by atoms with E-state index in [0.717, 1.165) is 22.9 Å². The van der Waals surface area contributed by atoms with Gasteiger partial charge in [-0.05, 0) is 24.6 Å². The molecule has 1 atom stereocenters. The molecule has 0 bridgehead atoms. The number of pyridine rings is 1. The van der Waals surface area contributed by atoms with Crippen LogP contribution in [0.25, 0.3) is 16.6 Å². The van der Waals surface area contributed by atoms with Gasteiger partial charge in [0.05, 0.1) is 22.6 Å². The summed E-state index contributed by atoms with van der Waals surface area (Å²) in [5.41, 5.74) is 8.01. The first kappa shape index (κ1) is 20.7. The Hall–Kier alpha value is -3.60. The Morgan fingerprint density at radius 2 is 1.77 bits per heavy atom. The van der Waals surface area contributed by atoms with Gasteiger partial charge in [0.15, 0.2) is 17.5 Å². The van der Waals surface area contributed by atoms with E-state index >= 15 is 0 Å². The molecule has 2 heterocycles. The molecule has 0 spiro atoms. The number of hydrogen-bond acceptors (Lipinski definition) is 5. The van der Waals surface area contributed by atoms with Gasteiger partial charge in [0, 0.05) is 30.7 Å². The van der Waals surface area contributed by atoms with Crippen LogP contribution in [0.1, 0.15) is 16.8 Å². The fraction of sp³-hybridized carbons (Fsp3) is 0.200. The van der Waals surface area contributed by atoms with Crippen LogP contribution in [0.5, 0.6) is 0 Å². The topological polar surface area (TPSA) is 115 Å². The van der Waals surface area contributed by atoms with Crippen molar-refractivity contribution in [3.8, 4) is 5.69 Å². The second kappa shape index (κ2) is 7.27. The third-order valence-electron chi connectivity index (χ3n) is 5.28. The van der Waals surface area contributed by atoms with Crippen molar-refractivity contribution in [3.63, 3.8) is 0 Å². The minimum Gasteiger partial charge on any atom is -0.477 e. The largest absolute Gasteiger partial charge is 0.477 e. The third kappa shape index (κ3) is 3.26. The van der Waals surface area contributed by atoms with Crippen LogP contribution in [0.2, 0.25) is 0 Å². The predicted octanol–water partition coefficient (Wildman–Crippen LogP) is 2.36. The number of carboxylic acid groups (broad SMARTS) is 1.